The molecule has 0 spiro atoms. The number of nitrogens with one attached hydrogen (secondary N) is 2. The minimum atomic E-state index is -0.297. The van der Waals surface area contributed by atoms with Gasteiger partial charge in [0, 0.05) is 18.4 Å². The molecule has 6 heteroatoms. The van der Waals surface area contributed by atoms with Gasteiger partial charge in [-0.25, -0.2) is 9.07 Å². The Labute approximate surface area is 170 Å². The maximum atomic E-state index is 13.3. The minimum Gasteiger partial charge on any atom is -0.345 e. The highest BCUT2D eigenvalue weighted by Crippen LogP contribution is 2.22. The number of rotatable bonds is 6. The Morgan fingerprint density at radius 3 is 2.62 bits per heavy atom. The van der Waals surface area contributed by atoms with Crippen molar-refractivity contribution in [3.8, 4) is 16.9 Å². The van der Waals surface area contributed by atoms with Gasteiger partial charge in [0.2, 0.25) is 0 Å². The number of nitrogens with zero attached hydrogens (tertiary/aromatic N) is 2. The summed E-state index contributed by atoms with van der Waals surface area (Å²) >= 11 is 0. The molecule has 1 saturated heterocycles. The van der Waals surface area contributed by atoms with Gasteiger partial charge in [-0.3, -0.25) is 4.79 Å². The molecule has 1 aliphatic heterocycles. The summed E-state index contributed by atoms with van der Waals surface area (Å²) in [5, 5.41) is 7.70. The number of carbonyl (C=O) groups is 1. The molecule has 2 heterocycles. The molecule has 3 aromatic rings. The molecular formula is C23H26FN4O+. The normalized spacial score (nSPS) is 14.3. The van der Waals surface area contributed by atoms with Crippen LogP contribution in [0.5, 0.6) is 0 Å². The van der Waals surface area contributed by atoms with Crippen molar-refractivity contribution in [2.75, 3.05) is 26.2 Å². The topological polar surface area (TPSA) is 51.4 Å². The monoisotopic (exact) mass is 393 g/mol. The Kier molecular flexibility index (Phi) is 5.71. The average molecular weight is 393 g/mol. The second kappa shape index (κ2) is 8.57. The summed E-state index contributed by atoms with van der Waals surface area (Å²) in [6.45, 7) is 5.96. The standard InChI is InChI=1S/C23H25FN4O/c1-17-5-4-6-20(15-17)28-22(23(29)25-11-14-27-12-2-3-13-27)16-21(26-28)18-7-9-19(24)10-8-18/h4-10,15-16H,2-3,11-14H2,1H3,(H,25,29)/p+1. The van der Waals surface area contributed by atoms with Gasteiger partial charge in [0.25, 0.3) is 5.91 Å². The van der Waals surface area contributed by atoms with Crippen molar-refractivity contribution in [3.63, 3.8) is 0 Å². The second-order valence-corrected chi connectivity index (χ2v) is 7.64. The first-order chi connectivity index (χ1) is 14.1. The van der Waals surface area contributed by atoms with E-state index in [2.05, 4.69) is 10.4 Å². The van der Waals surface area contributed by atoms with E-state index >= 15 is 0 Å². The van der Waals surface area contributed by atoms with Crippen LogP contribution in [0.1, 0.15) is 28.9 Å². The number of amides is 1. The summed E-state index contributed by atoms with van der Waals surface area (Å²) in [6, 6.07) is 15.8. The summed E-state index contributed by atoms with van der Waals surface area (Å²) < 4.78 is 15.0. The number of hydrogen-bond acceptors (Lipinski definition) is 2. The third-order valence-corrected chi connectivity index (χ3v) is 5.40. The fraction of sp³-hybridized carbons (Fsp3) is 0.304. The number of quaternary nitrogens is 1. The Morgan fingerprint density at radius 2 is 1.90 bits per heavy atom. The van der Waals surface area contributed by atoms with Gasteiger partial charge in [0.1, 0.15) is 11.5 Å². The van der Waals surface area contributed by atoms with Crippen molar-refractivity contribution in [2.45, 2.75) is 19.8 Å². The number of hydrogen-bond donors (Lipinski definition) is 2. The predicted molar refractivity (Wildman–Crippen MR) is 111 cm³/mol. The van der Waals surface area contributed by atoms with Crippen molar-refractivity contribution in [3.05, 3.63) is 71.7 Å². The maximum absolute atomic E-state index is 13.3. The van der Waals surface area contributed by atoms with Crippen molar-refractivity contribution >= 4 is 5.91 Å². The van der Waals surface area contributed by atoms with Crippen LogP contribution in [-0.2, 0) is 0 Å². The molecule has 0 unspecified atom stereocenters. The van der Waals surface area contributed by atoms with E-state index in [1.807, 2.05) is 31.2 Å². The zero-order valence-electron chi connectivity index (χ0n) is 16.6. The minimum absolute atomic E-state index is 0.147. The number of aromatic nitrogens is 2. The summed E-state index contributed by atoms with van der Waals surface area (Å²) in [6.07, 6.45) is 2.54. The Balaban J connectivity index is 1.61. The molecule has 2 aromatic carbocycles. The van der Waals surface area contributed by atoms with Crippen molar-refractivity contribution in [1.29, 1.82) is 0 Å². The third-order valence-electron chi connectivity index (χ3n) is 5.40. The van der Waals surface area contributed by atoms with E-state index in [1.165, 1.54) is 38.1 Å². The summed E-state index contributed by atoms with van der Waals surface area (Å²) in [5.41, 5.74) is 3.81. The molecule has 1 aliphatic rings. The quantitative estimate of drug-likeness (QED) is 0.676. The first-order valence-electron chi connectivity index (χ1n) is 10.1. The molecule has 4 rings (SSSR count). The van der Waals surface area contributed by atoms with Gasteiger partial charge in [-0.05, 0) is 55.0 Å². The van der Waals surface area contributed by atoms with Crippen molar-refractivity contribution in [1.82, 2.24) is 15.1 Å². The molecule has 29 heavy (non-hydrogen) atoms. The van der Waals surface area contributed by atoms with E-state index in [-0.39, 0.29) is 11.7 Å². The van der Waals surface area contributed by atoms with E-state index < -0.39 is 0 Å². The summed E-state index contributed by atoms with van der Waals surface area (Å²) in [5.74, 6) is -0.444. The van der Waals surface area contributed by atoms with Crippen LogP contribution in [-0.4, -0.2) is 41.9 Å². The molecule has 0 radical (unpaired) electrons. The van der Waals surface area contributed by atoms with Crippen LogP contribution in [0.4, 0.5) is 4.39 Å². The lowest BCUT2D eigenvalue weighted by Gasteiger charge is -2.13. The van der Waals surface area contributed by atoms with Crippen LogP contribution >= 0.6 is 0 Å². The Morgan fingerprint density at radius 1 is 1.14 bits per heavy atom. The largest absolute Gasteiger partial charge is 0.345 e. The Hall–Kier alpha value is -2.99. The molecule has 5 nitrogen and oxygen atoms in total. The fourth-order valence-corrected chi connectivity index (χ4v) is 3.83. The zero-order chi connectivity index (χ0) is 20.2. The van der Waals surface area contributed by atoms with E-state index in [0.717, 1.165) is 23.4 Å². The van der Waals surface area contributed by atoms with Gasteiger partial charge in [-0.2, -0.15) is 5.10 Å². The maximum Gasteiger partial charge on any atom is 0.270 e. The first-order valence-corrected chi connectivity index (χ1v) is 10.1. The zero-order valence-corrected chi connectivity index (χ0v) is 16.6. The molecular weight excluding hydrogens is 367 g/mol. The number of likely N-dealkylation sites (tertiary alicyclic amines) is 1. The SMILES string of the molecule is Cc1cccc(-n2nc(-c3ccc(F)cc3)cc2C(=O)NCC[NH+]2CCCC2)c1. The predicted octanol–water partition coefficient (Wildman–Crippen LogP) is 2.40. The molecule has 0 saturated carbocycles. The van der Waals surface area contributed by atoms with E-state index in [4.69, 9.17) is 0 Å². The fourth-order valence-electron chi connectivity index (χ4n) is 3.83. The van der Waals surface area contributed by atoms with E-state index in [0.29, 0.717) is 17.9 Å². The first kappa shape index (κ1) is 19.3. The van der Waals surface area contributed by atoms with Crippen LogP contribution in [0.15, 0.2) is 54.6 Å². The van der Waals surface area contributed by atoms with Crippen molar-refractivity contribution in [2.24, 2.45) is 0 Å². The number of benzene rings is 2. The molecule has 0 aliphatic carbocycles. The van der Waals surface area contributed by atoms with Crippen LogP contribution in [0, 0.1) is 12.7 Å². The number of carbonyl (C=O) groups excluding carboxylic acids is 1. The van der Waals surface area contributed by atoms with Crippen LogP contribution in [0.2, 0.25) is 0 Å². The molecule has 1 aromatic heterocycles. The van der Waals surface area contributed by atoms with Gasteiger partial charge in [-0.1, -0.05) is 12.1 Å². The third kappa shape index (κ3) is 4.54. The number of halogens is 1. The summed E-state index contributed by atoms with van der Waals surface area (Å²) in [7, 11) is 0. The van der Waals surface area contributed by atoms with Gasteiger partial charge in [0.05, 0.1) is 37.6 Å². The highest BCUT2D eigenvalue weighted by Gasteiger charge is 2.19. The molecule has 0 bridgehead atoms. The van der Waals surface area contributed by atoms with Crippen molar-refractivity contribution < 1.29 is 14.1 Å². The summed E-state index contributed by atoms with van der Waals surface area (Å²) in [4.78, 5) is 14.5. The lowest BCUT2D eigenvalue weighted by molar-refractivity contribution is -0.886. The van der Waals surface area contributed by atoms with Crippen LogP contribution in [0.3, 0.4) is 0 Å². The van der Waals surface area contributed by atoms with Gasteiger partial charge < -0.3 is 10.2 Å². The molecule has 1 amide bonds. The van der Waals surface area contributed by atoms with Crippen LogP contribution < -0.4 is 10.2 Å². The van der Waals surface area contributed by atoms with Gasteiger partial charge in [-0.15, -0.1) is 0 Å². The Bertz CT molecular complexity index is 990. The lowest BCUT2D eigenvalue weighted by atomic mass is 10.1. The highest BCUT2D eigenvalue weighted by molar-refractivity contribution is 5.94. The van der Waals surface area contributed by atoms with E-state index in [1.54, 1.807) is 27.8 Å². The smallest absolute Gasteiger partial charge is 0.270 e. The molecule has 2 N–H and O–H groups in total. The van der Waals surface area contributed by atoms with E-state index in [9.17, 15) is 9.18 Å². The van der Waals surface area contributed by atoms with Gasteiger partial charge in [0.15, 0.2) is 0 Å². The molecule has 150 valence electrons. The number of aryl methyl sites for hydroxylation is 1. The lowest BCUT2D eigenvalue weighted by Crippen LogP contribution is -3.10. The second-order valence-electron chi connectivity index (χ2n) is 7.64. The van der Waals surface area contributed by atoms with Gasteiger partial charge >= 0.3 is 0 Å². The van der Waals surface area contributed by atoms with Crippen LogP contribution in [0.25, 0.3) is 16.9 Å². The highest BCUT2D eigenvalue weighted by atomic mass is 19.1. The average Bonchev–Trinajstić information content (AvgIpc) is 3.38. The molecule has 0 atom stereocenters. The molecule has 1 fully saturated rings.